The molecule has 0 aromatic heterocycles. The second-order valence-corrected chi connectivity index (χ2v) is 3.81. The van der Waals surface area contributed by atoms with Crippen molar-refractivity contribution >= 4 is 11.8 Å². The molecule has 0 bridgehead atoms. The van der Waals surface area contributed by atoms with Gasteiger partial charge in [0.2, 0.25) is 0 Å². The molecule has 1 heteroatoms. The Morgan fingerprint density at radius 1 is 1.38 bits per heavy atom. The summed E-state index contributed by atoms with van der Waals surface area (Å²) in [6, 6.07) is 0. The Hall–Kier alpha value is 0.0900. The van der Waals surface area contributed by atoms with Gasteiger partial charge in [-0.3, -0.25) is 0 Å². The van der Waals surface area contributed by atoms with Gasteiger partial charge in [0.25, 0.3) is 0 Å². The van der Waals surface area contributed by atoms with Crippen LogP contribution in [0.1, 0.15) is 13.8 Å². The van der Waals surface area contributed by atoms with Crippen molar-refractivity contribution in [2.24, 2.45) is 5.92 Å². The molecule has 0 radical (unpaired) electrons. The van der Waals surface area contributed by atoms with Crippen molar-refractivity contribution in [2.75, 3.05) is 5.75 Å². The van der Waals surface area contributed by atoms with Crippen LogP contribution in [0.25, 0.3) is 0 Å². The van der Waals surface area contributed by atoms with Crippen LogP contribution in [0.2, 0.25) is 0 Å². The highest BCUT2D eigenvalue weighted by Gasteiger charge is 2.06. The zero-order chi connectivity index (χ0) is 5.98. The van der Waals surface area contributed by atoms with Crippen molar-refractivity contribution in [1.82, 2.24) is 0 Å². The average Bonchev–Trinajstić information content (AvgIpc) is 1.77. The molecular formula is C7H12S. The van der Waals surface area contributed by atoms with Crippen LogP contribution in [0.4, 0.5) is 0 Å². The Morgan fingerprint density at radius 3 is 2.50 bits per heavy atom. The quantitative estimate of drug-likeness (QED) is 0.451. The van der Waals surface area contributed by atoms with Crippen LogP contribution in [-0.4, -0.2) is 11.0 Å². The molecule has 1 aliphatic heterocycles. The summed E-state index contributed by atoms with van der Waals surface area (Å²) in [5.41, 5.74) is 0. The van der Waals surface area contributed by atoms with Crippen molar-refractivity contribution in [3.8, 4) is 0 Å². The SMILES string of the molecule is C[C@@H]1C=C[C@@H](C)SC1. The van der Waals surface area contributed by atoms with Gasteiger partial charge in [-0.15, -0.1) is 0 Å². The van der Waals surface area contributed by atoms with Crippen LogP contribution >= 0.6 is 11.8 Å². The van der Waals surface area contributed by atoms with Crippen molar-refractivity contribution in [1.29, 1.82) is 0 Å². The van der Waals surface area contributed by atoms with Crippen molar-refractivity contribution in [3.63, 3.8) is 0 Å². The minimum Gasteiger partial charge on any atom is -0.154 e. The predicted molar refractivity (Wildman–Crippen MR) is 40.2 cm³/mol. The van der Waals surface area contributed by atoms with E-state index < -0.39 is 0 Å². The molecule has 0 spiro atoms. The molecule has 46 valence electrons. The van der Waals surface area contributed by atoms with Gasteiger partial charge in [0.05, 0.1) is 0 Å². The van der Waals surface area contributed by atoms with Crippen molar-refractivity contribution in [3.05, 3.63) is 12.2 Å². The van der Waals surface area contributed by atoms with E-state index >= 15 is 0 Å². The minimum absolute atomic E-state index is 0.756. The van der Waals surface area contributed by atoms with E-state index in [-0.39, 0.29) is 0 Å². The van der Waals surface area contributed by atoms with E-state index in [1.54, 1.807) is 0 Å². The summed E-state index contributed by atoms with van der Waals surface area (Å²) in [7, 11) is 0. The summed E-state index contributed by atoms with van der Waals surface area (Å²) in [4.78, 5) is 0. The monoisotopic (exact) mass is 128 g/mol. The summed E-state index contributed by atoms with van der Waals surface area (Å²) >= 11 is 2.04. The van der Waals surface area contributed by atoms with Gasteiger partial charge in [-0.05, 0) is 18.6 Å². The van der Waals surface area contributed by atoms with Gasteiger partial charge in [-0.2, -0.15) is 11.8 Å². The minimum atomic E-state index is 0.756. The first-order chi connectivity index (χ1) is 3.79. The van der Waals surface area contributed by atoms with Gasteiger partial charge in [0, 0.05) is 5.25 Å². The van der Waals surface area contributed by atoms with Crippen LogP contribution in [0.15, 0.2) is 12.2 Å². The summed E-state index contributed by atoms with van der Waals surface area (Å²) < 4.78 is 0. The number of hydrogen-bond donors (Lipinski definition) is 0. The molecule has 0 aromatic rings. The number of rotatable bonds is 0. The fraction of sp³-hybridized carbons (Fsp3) is 0.714. The highest BCUT2D eigenvalue weighted by atomic mass is 32.2. The highest BCUT2D eigenvalue weighted by Crippen LogP contribution is 2.21. The molecule has 0 aromatic carbocycles. The maximum absolute atomic E-state index is 2.31. The Labute approximate surface area is 55.4 Å². The molecule has 1 rings (SSSR count). The smallest absolute Gasteiger partial charge is 0.0199 e. The Bertz CT molecular complexity index is 84.6. The molecule has 0 N–H and O–H groups in total. The lowest BCUT2D eigenvalue weighted by Gasteiger charge is -2.15. The zero-order valence-corrected chi connectivity index (χ0v) is 6.24. The molecule has 8 heavy (non-hydrogen) atoms. The molecule has 1 aliphatic rings. The maximum Gasteiger partial charge on any atom is 0.0199 e. The number of hydrogen-bond acceptors (Lipinski definition) is 1. The lowest BCUT2D eigenvalue weighted by molar-refractivity contribution is 0.828. The summed E-state index contributed by atoms with van der Waals surface area (Å²) in [5.74, 6) is 2.11. The molecular weight excluding hydrogens is 116 g/mol. The largest absolute Gasteiger partial charge is 0.154 e. The lowest BCUT2D eigenvalue weighted by atomic mass is 10.2. The van der Waals surface area contributed by atoms with E-state index in [1.165, 1.54) is 5.75 Å². The normalized spacial score (nSPS) is 37.8. The van der Waals surface area contributed by atoms with Gasteiger partial charge in [-0.1, -0.05) is 19.1 Å². The summed E-state index contributed by atoms with van der Waals surface area (Å²) in [6.45, 7) is 4.50. The van der Waals surface area contributed by atoms with E-state index in [1.807, 2.05) is 11.8 Å². The van der Waals surface area contributed by atoms with E-state index in [0.29, 0.717) is 0 Å². The number of allylic oxidation sites excluding steroid dienone is 1. The van der Waals surface area contributed by atoms with Gasteiger partial charge in [-0.25, -0.2) is 0 Å². The van der Waals surface area contributed by atoms with Gasteiger partial charge < -0.3 is 0 Å². The Kier molecular flexibility index (Phi) is 2.01. The van der Waals surface area contributed by atoms with Gasteiger partial charge >= 0.3 is 0 Å². The van der Waals surface area contributed by atoms with Gasteiger partial charge in [0.15, 0.2) is 0 Å². The first-order valence-corrected chi connectivity index (χ1v) is 4.14. The third-order valence-corrected chi connectivity index (χ3v) is 2.73. The van der Waals surface area contributed by atoms with E-state index in [0.717, 1.165) is 11.2 Å². The third-order valence-electron chi connectivity index (χ3n) is 1.33. The van der Waals surface area contributed by atoms with E-state index in [9.17, 15) is 0 Å². The maximum atomic E-state index is 2.31. The predicted octanol–water partition coefficient (Wildman–Crippen LogP) is 2.31. The van der Waals surface area contributed by atoms with Crippen LogP contribution in [0.3, 0.4) is 0 Å². The standard InChI is InChI=1S/C7H12S/c1-6-3-4-7(2)8-5-6/h3-4,6-7H,5H2,1-2H3/t6-,7-/m1/s1. The van der Waals surface area contributed by atoms with E-state index in [2.05, 4.69) is 26.0 Å². The molecule has 1 heterocycles. The van der Waals surface area contributed by atoms with Crippen LogP contribution in [-0.2, 0) is 0 Å². The first-order valence-electron chi connectivity index (χ1n) is 3.09. The Morgan fingerprint density at radius 2 is 2.12 bits per heavy atom. The molecule has 0 aliphatic carbocycles. The fourth-order valence-corrected chi connectivity index (χ4v) is 1.68. The van der Waals surface area contributed by atoms with Crippen molar-refractivity contribution in [2.45, 2.75) is 19.1 Å². The summed E-state index contributed by atoms with van der Waals surface area (Å²) in [6.07, 6.45) is 4.60. The van der Waals surface area contributed by atoms with Crippen LogP contribution < -0.4 is 0 Å². The molecule has 2 atom stereocenters. The lowest BCUT2D eigenvalue weighted by Crippen LogP contribution is -2.05. The van der Waals surface area contributed by atoms with Crippen molar-refractivity contribution < 1.29 is 0 Å². The summed E-state index contributed by atoms with van der Waals surface area (Å²) in [5, 5.41) is 0.756. The second kappa shape index (κ2) is 2.58. The molecule has 0 amide bonds. The van der Waals surface area contributed by atoms with E-state index in [4.69, 9.17) is 0 Å². The van der Waals surface area contributed by atoms with Crippen LogP contribution in [0.5, 0.6) is 0 Å². The highest BCUT2D eigenvalue weighted by molar-refractivity contribution is 8.00. The third kappa shape index (κ3) is 1.55. The Balaban J connectivity index is 2.42. The molecule has 0 fully saturated rings. The zero-order valence-electron chi connectivity index (χ0n) is 5.42. The molecule has 0 saturated heterocycles. The average molecular weight is 128 g/mol. The van der Waals surface area contributed by atoms with Gasteiger partial charge in [0.1, 0.15) is 0 Å². The van der Waals surface area contributed by atoms with Crippen LogP contribution in [0, 0.1) is 5.92 Å². The molecule has 0 saturated carbocycles. The fourth-order valence-electron chi connectivity index (χ4n) is 0.761. The topological polar surface area (TPSA) is 0 Å². The number of thioether (sulfide) groups is 1. The first kappa shape index (κ1) is 6.21. The molecule has 0 unspecified atom stereocenters. The second-order valence-electron chi connectivity index (χ2n) is 2.40. The molecule has 0 nitrogen and oxygen atoms in total.